The molecule has 0 radical (unpaired) electrons. The number of non-ortho nitro benzene ring substituents is 1. The monoisotopic (exact) mass is 446 g/mol. The van der Waals surface area contributed by atoms with Crippen molar-refractivity contribution >= 4 is 17.6 Å². The minimum absolute atomic E-state index is 0.0320. The molecule has 172 valence electrons. The lowest BCUT2D eigenvalue weighted by atomic mass is 9.95. The summed E-state index contributed by atoms with van der Waals surface area (Å²) in [7, 11) is 2.80. The highest BCUT2D eigenvalue weighted by Gasteiger charge is 2.28. The number of methoxy groups -OCH3 is 2. The molecule has 0 N–H and O–H groups in total. The van der Waals surface area contributed by atoms with Gasteiger partial charge in [-0.1, -0.05) is 0 Å². The van der Waals surface area contributed by atoms with E-state index in [1.54, 1.807) is 18.2 Å². The third-order valence-electron chi connectivity index (χ3n) is 5.35. The predicted octanol–water partition coefficient (Wildman–Crippen LogP) is 2.22. The maximum absolute atomic E-state index is 13.0. The molecule has 0 unspecified atom stereocenters. The highest BCUT2D eigenvalue weighted by molar-refractivity contribution is 5.99. The average Bonchev–Trinajstić information content (AvgIpc) is 3.29. The fourth-order valence-corrected chi connectivity index (χ4v) is 3.69. The standard InChI is InChI=1S/C21H26N4O7/c1-30-9-10-32-14-24-8-5-22-19(24)15-3-6-23(7-4-15)20(26)16-11-17(21(27)31-2)13-18(12-16)25(28)29/h5,8,11-13,15H,3-4,6-7,9-10,14H2,1-2H3. The van der Waals surface area contributed by atoms with E-state index < -0.39 is 10.9 Å². The summed E-state index contributed by atoms with van der Waals surface area (Å²) in [5.74, 6) is -0.0294. The van der Waals surface area contributed by atoms with E-state index in [-0.39, 0.29) is 28.6 Å². The van der Waals surface area contributed by atoms with E-state index in [0.717, 1.165) is 11.9 Å². The largest absolute Gasteiger partial charge is 0.465 e. The number of hydrogen-bond acceptors (Lipinski definition) is 8. The second kappa shape index (κ2) is 10.8. The molecule has 0 spiro atoms. The molecule has 1 saturated heterocycles. The van der Waals surface area contributed by atoms with Gasteiger partial charge in [-0.2, -0.15) is 0 Å². The van der Waals surface area contributed by atoms with Gasteiger partial charge >= 0.3 is 5.97 Å². The van der Waals surface area contributed by atoms with Crippen molar-refractivity contribution in [3.8, 4) is 0 Å². The minimum Gasteiger partial charge on any atom is -0.465 e. The third kappa shape index (κ3) is 5.48. The highest BCUT2D eigenvalue weighted by Crippen LogP contribution is 2.28. The van der Waals surface area contributed by atoms with E-state index in [1.165, 1.54) is 19.2 Å². The van der Waals surface area contributed by atoms with Crippen LogP contribution in [0.3, 0.4) is 0 Å². The number of esters is 1. The number of piperidine rings is 1. The molecule has 11 nitrogen and oxygen atoms in total. The normalized spacial score (nSPS) is 14.4. The Kier molecular flexibility index (Phi) is 7.90. The number of nitro benzene ring substituents is 1. The Morgan fingerprint density at radius 2 is 1.88 bits per heavy atom. The van der Waals surface area contributed by atoms with Gasteiger partial charge in [-0.3, -0.25) is 14.9 Å². The first-order valence-corrected chi connectivity index (χ1v) is 10.2. The second-order valence-corrected chi connectivity index (χ2v) is 7.37. The first-order valence-electron chi connectivity index (χ1n) is 10.2. The topological polar surface area (TPSA) is 126 Å². The zero-order chi connectivity index (χ0) is 23.1. The van der Waals surface area contributed by atoms with Gasteiger partial charge in [0.05, 0.1) is 30.8 Å². The lowest BCUT2D eigenvalue weighted by Crippen LogP contribution is -2.38. The van der Waals surface area contributed by atoms with E-state index in [1.807, 2.05) is 10.8 Å². The second-order valence-electron chi connectivity index (χ2n) is 7.37. The van der Waals surface area contributed by atoms with Crippen molar-refractivity contribution in [2.45, 2.75) is 25.5 Å². The van der Waals surface area contributed by atoms with Gasteiger partial charge in [-0.25, -0.2) is 9.78 Å². The van der Waals surface area contributed by atoms with Crippen LogP contribution in [0.2, 0.25) is 0 Å². The van der Waals surface area contributed by atoms with Crippen molar-refractivity contribution in [2.75, 3.05) is 40.5 Å². The molecule has 0 bridgehead atoms. The number of hydrogen-bond donors (Lipinski definition) is 0. The first kappa shape index (κ1) is 23.4. The maximum atomic E-state index is 13.0. The van der Waals surface area contributed by atoms with Crippen LogP contribution in [0.4, 0.5) is 5.69 Å². The van der Waals surface area contributed by atoms with Crippen LogP contribution in [0.5, 0.6) is 0 Å². The SMILES string of the molecule is COCCOCn1ccnc1C1CCN(C(=O)c2cc(C(=O)OC)cc([N+](=O)[O-])c2)CC1. The van der Waals surface area contributed by atoms with E-state index in [0.29, 0.717) is 45.9 Å². The number of nitro groups is 1. The summed E-state index contributed by atoms with van der Waals surface area (Å²) in [6.07, 6.45) is 4.97. The van der Waals surface area contributed by atoms with E-state index in [2.05, 4.69) is 9.72 Å². The smallest absolute Gasteiger partial charge is 0.338 e. The van der Waals surface area contributed by atoms with E-state index in [9.17, 15) is 19.7 Å². The summed E-state index contributed by atoms with van der Waals surface area (Å²) in [5, 5.41) is 11.2. The van der Waals surface area contributed by atoms with Gasteiger partial charge in [-0.15, -0.1) is 0 Å². The van der Waals surface area contributed by atoms with Crippen molar-refractivity contribution in [2.24, 2.45) is 0 Å². The van der Waals surface area contributed by atoms with Crippen LogP contribution in [-0.2, 0) is 20.9 Å². The quantitative estimate of drug-likeness (QED) is 0.248. The number of aromatic nitrogens is 2. The number of carbonyl (C=O) groups is 2. The highest BCUT2D eigenvalue weighted by atomic mass is 16.6. The Hall–Kier alpha value is -3.31. The number of amides is 1. The molecule has 11 heteroatoms. The number of nitrogens with zero attached hydrogens (tertiary/aromatic N) is 4. The molecule has 2 heterocycles. The predicted molar refractivity (Wildman–Crippen MR) is 112 cm³/mol. The molecular weight excluding hydrogens is 420 g/mol. The molecule has 1 fully saturated rings. The Balaban J connectivity index is 1.66. The van der Waals surface area contributed by atoms with Crippen LogP contribution in [0.25, 0.3) is 0 Å². The van der Waals surface area contributed by atoms with Crippen molar-refractivity contribution in [3.05, 3.63) is 57.7 Å². The molecule has 1 amide bonds. The lowest BCUT2D eigenvalue weighted by molar-refractivity contribution is -0.384. The van der Waals surface area contributed by atoms with Crippen LogP contribution in [-0.4, -0.2) is 71.8 Å². The van der Waals surface area contributed by atoms with E-state index in [4.69, 9.17) is 9.47 Å². The summed E-state index contributed by atoms with van der Waals surface area (Å²) in [4.78, 5) is 41.6. The van der Waals surface area contributed by atoms with Crippen molar-refractivity contribution < 1.29 is 28.7 Å². The average molecular weight is 446 g/mol. The lowest BCUT2D eigenvalue weighted by Gasteiger charge is -2.32. The molecule has 0 saturated carbocycles. The maximum Gasteiger partial charge on any atom is 0.338 e. The van der Waals surface area contributed by atoms with Gasteiger partial charge in [0.15, 0.2) is 0 Å². The third-order valence-corrected chi connectivity index (χ3v) is 5.35. The van der Waals surface area contributed by atoms with Crippen LogP contribution >= 0.6 is 0 Å². The van der Waals surface area contributed by atoms with Gasteiger partial charge < -0.3 is 23.7 Å². The molecule has 2 aromatic rings. The van der Waals surface area contributed by atoms with Crippen molar-refractivity contribution in [1.82, 2.24) is 14.5 Å². The molecule has 3 rings (SSSR count). The fourth-order valence-electron chi connectivity index (χ4n) is 3.69. The Morgan fingerprint density at radius 3 is 2.53 bits per heavy atom. The summed E-state index contributed by atoms with van der Waals surface area (Å²) in [6.45, 7) is 2.31. The van der Waals surface area contributed by atoms with Crippen LogP contribution in [0, 0.1) is 10.1 Å². The number of ether oxygens (including phenoxy) is 3. The summed E-state index contributed by atoms with van der Waals surface area (Å²) in [5.41, 5.74) is -0.275. The number of carbonyl (C=O) groups excluding carboxylic acids is 2. The Morgan fingerprint density at radius 1 is 1.16 bits per heavy atom. The molecule has 1 aromatic carbocycles. The summed E-state index contributed by atoms with van der Waals surface area (Å²) < 4.78 is 17.1. The number of rotatable bonds is 9. The Bertz CT molecular complexity index is 967. The van der Waals surface area contributed by atoms with Crippen LogP contribution in [0.1, 0.15) is 45.3 Å². The molecule has 1 aromatic heterocycles. The molecular formula is C21H26N4O7. The molecule has 0 aliphatic carbocycles. The van der Waals surface area contributed by atoms with Gasteiger partial charge in [0.2, 0.25) is 0 Å². The zero-order valence-corrected chi connectivity index (χ0v) is 18.1. The zero-order valence-electron chi connectivity index (χ0n) is 18.1. The fraction of sp³-hybridized carbons (Fsp3) is 0.476. The molecule has 1 aliphatic heterocycles. The number of imidazole rings is 1. The van der Waals surface area contributed by atoms with Crippen molar-refractivity contribution in [1.29, 1.82) is 0 Å². The molecule has 1 aliphatic rings. The molecule has 0 atom stereocenters. The Labute approximate surface area is 185 Å². The number of likely N-dealkylation sites (tertiary alicyclic amines) is 1. The van der Waals surface area contributed by atoms with Crippen molar-refractivity contribution in [3.63, 3.8) is 0 Å². The van der Waals surface area contributed by atoms with Gasteiger partial charge in [-0.05, 0) is 18.9 Å². The van der Waals surface area contributed by atoms with Gasteiger partial charge in [0.1, 0.15) is 12.6 Å². The summed E-state index contributed by atoms with van der Waals surface area (Å²) >= 11 is 0. The van der Waals surface area contributed by atoms with Gasteiger partial charge in [0.25, 0.3) is 11.6 Å². The van der Waals surface area contributed by atoms with Crippen LogP contribution in [0.15, 0.2) is 30.6 Å². The van der Waals surface area contributed by atoms with E-state index >= 15 is 0 Å². The summed E-state index contributed by atoms with van der Waals surface area (Å²) in [6, 6.07) is 3.62. The number of benzene rings is 1. The molecule has 32 heavy (non-hydrogen) atoms. The van der Waals surface area contributed by atoms with Gasteiger partial charge in [0, 0.05) is 56.2 Å². The minimum atomic E-state index is -0.735. The van der Waals surface area contributed by atoms with Crippen LogP contribution < -0.4 is 0 Å². The first-order chi connectivity index (χ1) is 15.4.